The van der Waals surface area contributed by atoms with Crippen LogP contribution in [0.3, 0.4) is 0 Å². The van der Waals surface area contributed by atoms with Crippen LogP contribution < -0.4 is 5.73 Å². The first-order valence-electron chi connectivity index (χ1n) is 5.19. The van der Waals surface area contributed by atoms with E-state index in [1.165, 1.54) is 0 Å². The third-order valence-electron chi connectivity index (χ3n) is 2.92. The molecule has 3 N–H and O–H groups in total. The van der Waals surface area contributed by atoms with Gasteiger partial charge in [0.2, 0.25) is 0 Å². The molecule has 0 aliphatic heterocycles. The monoisotopic (exact) mass is 201 g/mol. The molecule has 3 atom stereocenters. The van der Waals surface area contributed by atoms with Crippen LogP contribution in [0.2, 0.25) is 0 Å². The highest BCUT2D eigenvalue weighted by atomic mass is 16.5. The molecular weight excluding hydrogens is 182 g/mol. The van der Waals surface area contributed by atoms with E-state index in [2.05, 4.69) is 6.92 Å². The van der Waals surface area contributed by atoms with E-state index in [9.17, 15) is 4.79 Å². The molecule has 0 aromatic carbocycles. The molecule has 0 heterocycles. The number of carboxylic acids is 1. The Morgan fingerprint density at radius 3 is 2.86 bits per heavy atom. The minimum atomic E-state index is -0.696. The van der Waals surface area contributed by atoms with Gasteiger partial charge in [0, 0.05) is 6.54 Å². The molecular formula is C10H19NO3. The number of ether oxygens (including phenoxy) is 1. The van der Waals surface area contributed by atoms with Crippen LogP contribution in [0, 0.1) is 11.8 Å². The molecule has 0 saturated heterocycles. The Balaban J connectivity index is 2.42. The summed E-state index contributed by atoms with van der Waals surface area (Å²) in [5.74, 6) is -0.468. The van der Waals surface area contributed by atoms with Crippen molar-refractivity contribution in [1.29, 1.82) is 0 Å². The van der Waals surface area contributed by atoms with Crippen molar-refractivity contribution >= 4 is 5.97 Å². The Bertz CT molecular complexity index is 196. The second-order valence-electron chi connectivity index (χ2n) is 4.02. The number of rotatable bonds is 4. The van der Waals surface area contributed by atoms with Gasteiger partial charge in [0.1, 0.15) is 0 Å². The Labute approximate surface area is 84.4 Å². The van der Waals surface area contributed by atoms with Crippen LogP contribution >= 0.6 is 0 Å². The number of hydrogen-bond acceptors (Lipinski definition) is 3. The molecule has 82 valence electrons. The Morgan fingerprint density at radius 1 is 1.57 bits per heavy atom. The minimum absolute atomic E-state index is 0.0772. The molecule has 0 aromatic heterocycles. The van der Waals surface area contributed by atoms with E-state index in [1.807, 2.05) is 0 Å². The lowest BCUT2D eigenvalue weighted by Gasteiger charge is -2.32. The Morgan fingerprint density at radius 2 is 2.29 bits per heavy atom. The maximum absolute atomic E-state index is 10.8. The molecule has 4 nitrogen and oxygen atoms in total. The van der Waals surface area contributed by atoms with Gasteiger partial charge in [-0.1, -0.05) is 6.92 Å². The lowest BCUT2D eigenvalue weighted by atomic mass is 9.81. The molecule has 4 heteroatoms. The van der Waals surface area contributed by atoms with E-state index in [0.29, 0.717) is 25.5 Å². The molecule has 0 radical (unpaired) electrons. The van der Waals surface area contributed by atoms with Gasteiger partial charge in [0.05, 0.1) is 18.6 Å². The maximum atomic E-state index is 10.8. The van der Waals surface area contributed by atoms with E-state index in [4.69, 9.17) is 15.6 Å². The normalized spacial score (nSPS) is 32.9. The zero-order valence-corrected chi connectivity index (χ0v) is 8.61. The van der Waals surface area contributed by atoms with Gasteiger partial charge in [0.15, 0.2) is 0 Å². The standard InChI is InChI=1S/C10H19NO3/c1-7-2-3-8(10(12)13)6-9(7)14-5-4-11/h7-9H,2-6,11H2,1H3,(H,12,13). The molecule has 1 fully saturated rings. The summed E-state index contributed by atoms with van der Waals surface area (Å²) in [7, 11) is 0. The molecule has 1 aliphatic rings. The average molecular weight is 201 g/mol. The number of carbonyl (C=O) groups is 1. The number of carboxylic acid groups (broad SMARTS) is 1. The van der Waals surface area contributed by atoms with Gasteiger partial charge in [-0.2, -0.15) is 0 Å². The second kappa shape index (κ2) is 5.32. The predicted molar refractivity (Wildman–Crippen MR) is 52.9 cm³/mol. The van der Waals surface area contributed by atoms with Crippen LogP contribution in [0.15, 0.2) is 0 Å². The largest absolute Gasteiger partial charge is 0.481 e. The first kappa shape index (κ1) is 11.5. The van der Waals surface area contributed by atoms with Crippen molar-refractivity contribution in [2.24, 2.45) is 17.6 Å². The summed E-state index contributed by atoms with van der Waals surface area (Å²) in [5, 5.41) is 8.89. The van der Waals surface area contributed by atoms with Crippen LogP contribution in [0.5, 0.6) is 0 Å². The van der Waals surface area contributed by atoms with E-state index in [1.54, 1.807) is 0 Å². The summed E-state index contributed by atoms with van der Waals surface area (Å²) < 4.78 is 5.54. The number of nitrogens with two attached hydrogens (primary N) is 1. The van der Waals surface area contributed by atoms with Crippen LogP contribution in [0.1, 0.15) is 26.2 Å². The van der Waals surface area contributed by atoms with Crippen molar-refractivity contribution in [2.45, 2.75) is 32.3 Å². The van der Waals surface area contributed by atoms with Gasteiger partial charge in [-0.05, 0) is 25.2 Å². The molecule has 0 spiro atoms. The molecule has 1 rings (SSSR count). The summed E-state index contributed by atoms with van der Waals surface area (Å²) in [4.78, 5) is 10.8. The van der Waals surface area contributed by atoms with Crippen LogP contribution in [0.4, 0.5) is 0 Å². The van der Waals surface area contributed by atoms with Gasteiger partial charge in [0.25, 0.3) is 0 Å². The van der Waals surface area contributed by atoms with E-state index < -0.39 is 5.97 Å². The van der Waals surface area contributed by atoms with E-state index in [-0.39, 0.29) is 12.0 Å². The van der Waals surface area contributed by atoms with Crippen molar-refractivity contribution < 1.29 is 14.6 Å². The topological polar surface area (TPSA) is 72.5 Å². The van der Waals surface area contributed by atoms with Gasteiger partial charge >= 0.3 is 5.97 Å². The smallest absolute Gasteiger partial charge is 0.306 e. The first-order chi connectivity index (χ1) is 6.65. The zero-order chi connectivity index (χ0) is 10.6. The molecule has 1 saturated carbocycles. The summed E-state index contributed by atoms with van der Waals surface area (Å²) in [6.45, 7) is 3.14. The van der Waals surface area contributed by atoms with Crippen LogP contribution in [-0.4, -0.2) is 30.3 Å². The molecule has 3 unspecified atom stereocenters. The SMILES string of the molecule is CC1CCC(C(=O)O)CC1OCCN. The summed E-state index contributed by atoms with van der Waals surface area (Å²) in [6, 6.07) is 0. The maximum Gasteiger partial charge on any atom is 0.306 e. The third kappa shape index (κ3) is 2.96. The summed E-state index contributed by atoms with van der Waals surface area (Å²) in [6.07, 6.45) is 2.43. The van der Waals surface area contributed by atoms with Crippen molar-refractivity contribution in [1.82, 2.24) is 0 Å². The van der Waals surface area contributed by atoms with Gasteiger partial charge in [-0.3, -0.25) is 4.79 Å². The summed E-state index contributed by atoms with van der Waals surface area (Å²) >= 11 is 0. The fraction of sp³-hybridized carbons (Fsp3) is 0.900. The number of aliphatic carboxylic acids is 1. The highest BCUT2D eigenvalue weighted by Crippen LogP contribution is 2.30. The Kier molecular flexibility index (Phi) is 4.35. The Hall–Kier alpha value is -0.610. The predicted octanol–water partition coefficient (Wildman–Crippen LogP) is 0.851. The molecule has 0 amide bonds. The average Bonchev–Trinajstić information content (AvgIpc) is 2.16. The lowest BCUT2D eigenvalue weighted by Crippen LogP contribution is -2.34. The van der Waals surface area contributed by atoms with Crippen LogP contribution in [0.25, 0.3) is 0 Å². The quantitative estimate of drug-likeness (QED) is 0.707. The zero-order valence-electron chi connectivity index (χ0n) is 8.61. The van der Waals surface area contributed by atoms with Crippen LogP contribution in [-0.2, 0) is 9.53 Å². The van der Waals surface area contributed by atoms with E-state index >= 15 is 0 Å². The summed E-state index contributed by atoms with van der Waals surface area (Å²) in [5.41, 5.74) is 5.34. The van der Waals surface area contributed by atoms with Gasteiger partial charge < -0.3 is 15.6 Å². The highest BCUT2D eigenvalue weighted by molar-refractivity contribution is 5.70. The lowest BCUT2D eigenvalue weighted by molar-refractivity contribution is -0.145. The van der Waals surface area contributed by atoms with E-state index in [0.717, 1.165) is 12.8 Å². The third-order valence-corrected chi connectivity index (χ3v) is 2.92. The molecule has 1 aliphatic carbocycles. The van der Waals surface area contributed by atoms with Gasteiger partial charge in [-0.25, -0.2) is 0 Å². The minimum Gasteiger partial charge on any atom is -0.481 e. The fourth-order valence-corrected chi connectivity index (χ4v) is 1.96. The highest BCUT2D eigenvalue weighted by Gasteiger charge is 2.31. The van der Waals surface area contributed by atoms with Gasteiger partial charge in [-0.15, -0.1) is 0 Å². The number of hydrogen-bond donors (Lipinski definition) is 2. The van der Waals surface area contributed by atoms with Crippen molar-refractivity contribution in [3.63, 3.8) is 0 Å². The van der Waals surface area contributed by atoms with Crippen molar-refractivity contribution in [3.8, 4) is 0 Å². The first-order valence-corrected chi connectivity index (χ1v) is 5.19. The van der Waals surface area contributed by atoms with Crippen molar-refractivity contribution in [3.05, 3.63) is 0 Å². The molecule has 0 bridgehead atoms. The van der Waals surface area contributed by atoms with Crippen molar-refractivity contribution in [2.75, 3.05) is 13.2 Å². The molecule has 14 heavy (non-hydrogen) atoms. The fourth-order valence-electron chi connectivity index (χ4n) is 1.96. The second-order valence-corrected chi connectivity index (χ2v) is 4.02. The molecule has 0 aromatic rings.